The van der Waals surface area contributed by atoms with Crippen LogP contribution in [-0.4, -0.2) is 39.1 Å². The number of rotatable bonds is 9. The summed E-state index contributed by atoms with van der Waals surface area (Å²) in [6.45, 7) is 5.10. The van der Waals surface area contributed by atoms with Crippen LogP contribution in [0.3, 0.4) is 0 Å². The predicted molar refractivity (Wildman–Crippen MR) is 148 cm³/mol. The molecular weight excluding hydrogens is 518 g/mol. The van der Waals surface area contributed by atoms with Gasteiger partial charge in [-0.15, -0.1) is 11.3 Å². The van der Waals surface area contributed by atoms with E-state index in [4.69, 9.17) is 19.0 Å². The molecule has 1 aliphatic rings. The van der Waals surface area contributed by atoms with Gasteiger partial charge in [-0.25, -0.2) is 4.98 Å². The first-order chi connectivity index (χ1) is 18.7. The molecule has 0 saturated heterocycles. The number of carboxylic acid groups (broad SMARTS) is 1. The van der Waals surface area contributed by atoms with Crippen LogP contribution in [0.2, 0.25) is 0 Å². The lowest BCUT2D eigenvalue weighted by Gasteiger charge is -2.29. The molecule has 0 spiro atoms. The number of fused-ring (bicyclic) bond motifs is 1. The number of oxazole rings is 1. The molecule has 3 aromatic heterocycles. The Balaban J connectivity index is 1.70. The lowest BCUT2D eigenvalue weighted by atomic mass is 9.88. The van der Waals surface area contributed by atoms with Crippen molar-refractivity contribution >= 4 is 27.5 Å². The van der Waals surface area contributed by atoms with Crippen LogP contribution < -0.4 is 10.2 Å². The number of aliphatic carboxylic acids is 1. The van der Waals surface area contributed by atoms with E-state index < -0.39 is 22.9 Å². The molecule has 5 rings (SSSR count). The van der Waals surface area contributed by atoms with Gasteiger partial charge >= 0.3 is 5.97 Å². The third-order valence-corrected chi connectivity index (χ3v) is 8.81. The van der Waals surface area contributed by atoms with Crippen LogP contribution in [0.25, 0.3) is 21.0 Å². The van der Waals surface area contributed by atoms with Crippen LogP contribution in [0.4, 0.5) is 0 Å². The van der Waals surface area contributed by atoms with Crippen molar-refractivity contribution in [3.8, 4) is 16.5 Å². The van der Waals surface area contributed by atoms with Crippen molar-refractivity contribution in [1.82, 2.24) is 14.8 Å². The van der Waals surface area contributed by atoms with Gasteiger partial charge in [0.2, 0.25) is 11.3 Å². The number of hydrogen-bond donors (Lipinski definition) is 1. The molecule has 3 heterocycles. The number of hydrogen-bond acceptors (Lipinski definition) is 8. The summed E-state index contributed by atoms with van der Waals surface area (Å²) in [5.41, 5.74) is -0.377. The first-order valence-corrected chi connectivity index (χ1v) is 14.0. The summed E-state index contributed by atoms with van der Waals surface area (Å²) in [6.07, 6.45) is 8.07. The molecule has 1 atom stereocenters. The number of ether oxygens (including phenoxy) is 2. The molecule has 4 aromatic rings. The molecule has 1 aromatic carbocycles. The molecule has 1 aliphatic carbocycles. The predicted octanol–water partition coefficient (Wildman–Crippen LogP) is 5.88. The minimum atomic E-state index is -1.51. The minimum Gasteiger partial charge on any atom is -0.496 e. The number of aryl methyl sites for hydroxylation is 1. The number of thiophene rings is 1. The van der Waals surface area contributed by atoms with E-state index in [0.717, 1.165) is 31.2 Å². The second-order valence-electron chi connectivity index (χ2n) is 10.5. The van der Waals surface area contributed by atoms with E-state index in [2.05, 4.69) is 4.98 Å². The Morgan fingerprint density at radius 2 is 2.00 bits per heavy atom. The molecule has 9 nitrogen and oxygen atoms in total. The largest absolute Gasteiger partial charge is 0.496 e. The van der Waals surface area contributed by atoms with Gasteiger partial charge in [0, 0.05) is 5.56 Å². The Morgan fingerprint density at radius 3 is 2.67 bits per heavy atom. The molecule has 0 amide bonds. The van der Waals surface area contributed by atoms with Crippen molar-refractivity contribution < 1.29 is 23.8 Å². The highest BCUT2D eigenvalue weighted by Gasteiger charge is 2.37. The van der Waals surface area contributed by atoms with E-state index in [0.29, 0.717) is 32.3 Å². The van der Waals surface area contributed by atoms with E-state index in [9.17, 15) is 14.7 Å². The highest BCUT2D eigenvalue weighted by Crippen LogP contribution is 2.39. The molecule has 1 fully saturated rings. The van der Waals surface area contributed by atoms with E-state index in [1.54, 1.807) is 18.0 Å². The van der Waals surface area contributed by atoms with Gasteiger partial charge in [0.05, 0.1) is 36.2 Å². The molecule has 0 bridgehead atoms. The summed E-state index contributed by atoms with van der Waals surface area (Å²) in [7, 11) is 1.63. The smallest absolute Gasteiger partial charge is 0.315 e. The minimum absolute atomic E-state index is 0.0289. The summed E-state index contributed by atoms with van der Waals surface area (Å²) in [5, 5.41) is 15.1. The van der Waals surface area contributed by atoms with Crippen molar-refractivity contribution in [3.05, 3.63) is 63.8 Å². The summed E-state index contributed by atoms with van der Waals surface area (Å²) >= 11 is 1.35. The fourth-order valence-electron chi connectivity index (χ4n) is 5.19. The second kappa shape index (κ2) is 10.9. The number of carboxylic acids is 1. The van der Waals surface area contributed by atoms with Crippen LogP contribution in [-0.2, 0) is 21.5 Å². The van der Waals surface area contributed by atoms with Gasteiger partial charge in [-0.05, 0) is 45.2 Å². The molecule has 0 unspecified atom stereocenters. The maximum atomic E-state index is 13.8. The molecule has 1 N–H and O–H groups in total. The van der Waals surface area contributed by atoms with Crippen molar-refractivity contribution in [2.24, 2.45) is 0 Å². The molecule has 10 heteroatoms. The van der Waals surface area contributed by atoms with Gasteiger partial charge in [0.25, 0.3) is 0 Å². The number of methoxy groups -OCH3 is 1. The summed E-state index contributed by atoms with van der Waals surface area (Å²) in [6, 6.07) is 7.73. The Labute approximate surface area is 230 Å². The van der Waals surface area contributed by atoms with Crippen LogP contribution >= 0.6 is 11.3 Å². The maximum absolute atomic E-state index is 13.8. The van der Waals surface area contributed by atoms with E-state index >= 15 is 0 Å². The molecule has 1 saturated carbocycles. The molecule has 206 valence electrons. The normalized spacial score (nSPS) is 15.5. The third kappa shape index (κ3) is 5.10. The average molecular weight is 552 g/mol. The standard InChI is InChI=1S/C29H33N3O6S/c1-17-22-23(33)25(29(2,3)28(34)35)31-32(27(22)39-24(17)26-30-14-15-37-26)16-21(38-18-10-6-5-7-11-18)19-12-8-9-13-20(19)36-4/h8-9,12-15,18,21H,5-7,10-11,16H2,1-4H3,(H,34,35)/t21-/m0/s1. The summed E-state index contributed by atoms with van der Waals surface area (Å²) in [4.78, 5) is 31.6. The Morgan fingerprint density at radius 1 is 1.26 bits per heavy atom. The third-order valence-electron chi connectivity index (χ3n) is 7.51. The fraction of sp³-hybridized carbons (Fsp3) is 0.448. The highest BCUT2D eigenvalue weighted by atomic mass is 32.1. The second-order valence-corrected chi connectivity index (χ2v) is 11.5. The Bertz CT molecular complexity index is 1530. The number of carbonyl (C=O) groups is 1. The number of nitrogens with zero attached hydrogens (tertiary/aromatic N) is 3. The molecule has 39 heavy (non-hydrogen) atoms. The summed E-state index contributed by atoms with van der Waals surface area (Å²) < 4.78 is 19.7. The quantitative estimate of drug-likeness (QED) is 0.274. The lowest BCUT2D eigenvalue weighted by Crippen LogP contribution is -2.37. The van der Waals surface area contributed by atoms with Gasteiger partial charge < -0.3 is 19.0 Å². The average Bonchev–Trinajstić information content (AvgIpc) is 3.58. The number of benzene rings is 1. The van der Waals surface area contributed by atoms with Crippen molar-refractivity contribution in [3.63, 3.8) is 0 Å². The first-order valence-electron chi connectivity index (χ1n) is 13.2. The van der Waals surface area contributed by atoms with Crippen LogP contribution in [0.5, 0.6) is 5.75 Å². The molecular formula is C29H33N3O6S. The van der Waals surface area contributed by atoms with Crippen molar-refractivity contribution in [2.75, 3.05) is 7.11 Å². The molecule has 0 radical (unpaired) electrons. The number of para-hydroxylation sites is 1. The van der Waals surface area contributed by atoms with E-state index in [1.807, 2.05) is 31.2 Å². The van der Waals surface area contributed by atoms with Crippen molar-refractivity contribution in [2.45, 2.75) is 77.0 Å². The fourth-order valence-corrected chi connectivity index (χ4v) is 6.39. The zero-order valence-electron chi connectivity index (χ0n) is 22.6. The number of aromatic nitrogens is 3. The summed E-state index contributed by atoms with van der Waals surface area (Å²) in [5.74, 6) is -0.0264. The Kier molecular flexibility index (Phi) is 7.59. The zero-order chi connectivity index (χ0) is 27.7. The van der Waals surface area contributed by atoms with Gasteiger partial charge in [-0.1, -0.05) is 37.5 Å². The SMILES string of the molecule is COc1ccccc1[C@H](Cn1nc(C(C)(C)C(=O)O)c(=O)c2c(C)c(-c3ncco3)sc21)OC1CCCCC1. The zero-order valence-corrected chi connectivity index (χ0v) is 23.4. The van der Waals surface area contributed by atoms with Crippen LogP contribution in [0, 0.1) is 6.92 Å². The van der Waals surface area contributed by atoms with Gasteiger partial charge in [-0.3, -0.25) is 14.3 Å². The first kappa shape index (κ1) is 27.1. The van der Waals surface area contributed by atoms with Crippen LogP contribution in [0.15, 0.2) is 45.9 Å². The van der Waals surface area contributed by atoms with Gasteiger partial charge in [0.1, 0.15) is 34.1 Å². The van der Waals surface area contributed by atoms with Crippen LogP contribution in [0.1, 0.15) is 68.9 Å². The topological polar surface area (TPSA) is 117 Å². The monoisotopic (exact) mass is 551 g/mol. The maximum Gasteiger partial charge on any atom is 0.315 e. The van der Waals surface area contributed by atoms with Crippen molar-refractivity contribution in [1.29, 1.82) is 0 Å². The van der Waals surface area contributed by atoms with E-state index in [1.165, 1.54) is 37.9 Å². The van der Waals surface area contributed by atoms with Gasteiger partial charge in [-0.2, -0.15) is 5.10 Å². The molecule has 0 aliphatic heterocycles. The van der Waals surface area contributed by atoms with Gasteiger partial charge in [0.15, 0.2) is 0 Å². The lowest BCUT2D eigenvalue weighted by molar-refractivity contribution is -0.142. The van der Waals surface area contributed by atoms with E-state index in [-0.39, 0.29) is 18.3 Å². The highest BCUT2D eigenvalue weighted by molar-refractivity contribution is 7.22. The Hall–Kier alpha value is -3.50.